The Labute approximate surface area is 377 Å². The van der Waals surface area contributed by atoms with Crippen LogP contribution in [0.4, 0.5) is 52.7 Å². The Morgan fingerprint density at radius 1 is 0.281 bits per heavy atom. The molecule has 0 saturated heterocycles. The van der Waals surface area contributed by atoms with E-state index in [-0.39, 0.29) is 0 Å². The third-order valence-electron chi connectivity index (χ3n) is 9.45. The van der Waals surface area contributed by atoms with Crippen LogP contribution in [0.25, 0.3) is 8.25 Å². The van der Waals surface area contributed by atoms with Crippen LogP contribution in [0.2, 0.25) is 0 Å². The lowest BCUT2D eigenvalue weighted by Crippen LogP contribution is -2.30. The van der Waals surface area contributed by atoms with E-state index in [2.05, 4.69) is 55.4 Å². The summed E-state index contributed by atoms with van der Waals surface area (Å²) in [6.07, 6.45) is 35.9. The van der Waals surface area contributed by atoms with Gasteiger partial charge in [-0.2, -0.15) is 52.7 Å². The van der Waals surface area contributed by atoms with Crippen LogP contribution in [-0.4, -0.2) is 105 Å². The van der Waals surface area contributed by atoms with Crippen LogP contribution in [0.3, 0.4) is 0 Å². The van der Waals surface area contributed by atoms with Crippen LogP contribution in [0.1, 0.15) is 158 Å². The van der Waals surface area contributed by atoms with Crippen molar-refractivity contribution in [3.8, 4) is 0 Å². The van der Waals surface area contributed by atoms with Gasteiger partial charge in [-0.15, -0.1) is 0 Å². The maximum absolute atomic E-state index is 11.4. The van der Waals surface area contributed by atoms with Crippen molar-refractivity contribution >= 4 is 54.6 Å². The average molecular weight is 1080 g/mol. The van der Waals surface area contributed by atoms with E-state index in [1.807, 2.05) is 0 Å². The molecule has 0 aromatic rings. The van der Waals surface area contributed by atoms with E-state index in [4.69, 9.17) is 0 Å². The summed E-state index contributed by atoms with van der Waals surface area (Å²) in [7, 11) is -28.0. The second kappa shape index (κ2) is 32.5. The Hall–Kier alpha value is -0.260. The minimum atomic E-state index is -6.72. The number of rotatable bonds is 28. The van der Waals surface area contributed by atoms with Gasteiger partial charge in [0.25, 0.3) is 0 Å². The molecule has 0 bridgehead atoms. The average Bonchev–Trinajstić information content (AvgIpc) is 3.15. The van der Waals surface area contributed by atoms with Crippen molar-refractivity contribution in [3.05, 3.63) is 8.25 Å². The minimum Gasteiger partial charge on any atom is -0.421 e. The highest BCUT2D eigenvalue weighted by Gasteiger charge is 2.48. The van der Waals surface area contributed by atoms with Gasteiger partial charge in [-0.25, -0.2) is 33.7 Å². The summed E-state index contributed by atoms with van der Waals surface area (Å²) in [4.78, 5) is 0. The van der Waals surface area contributed by atoms with Crippen molar-refractivity contribution in [2.45, 2.75) is 180 Å². The zero-order valence-corrected chi connectivity index (χ0v) is 43.2. The van der Waals surface area contributed by atoms with E-state index in [9.17, 15) is 86.4 Å². The predicted molar refractivity (Wildman–Crippen MR) is 239 cm³/mol. The zero-order chi connectivity index (χ0) is 51.4. The van der Waals surface area contributed by atoms with Crippen molar-refractivity contribution in [1.82, 2.24) is 0 Å². The Morgan fingerprint density at radius 2 is 0.391 bits per heavy atom. The smallest absolute Gasteiger partial charge is 0.421 e. The SMILES string of the molecule is CCCC[P+](CCCC)(CCCC)CCCC.CCCC[P+](CCCC)(CCCC)CCCC.O=S(=O)([N-]S(=O)(=O)C(F)(F)F)C(F)(F)F.O=S(=O)([N-]S(=O)(=O)C(F)(F)F)C(F)(F)F. The van der Waals surface area contributed by atoms with Crippen molar-refractivity contribution in [2.24, 2.45) is 0 Å². The summed E-state index contributed by atoms with van der Waals surface area (Å²) in [6, 6.07) is 0. The molecule has 0 saturated carbocycles. The van der Waals surface area contributed by atoms with Crippen LogP contribution in [0.15, 0.2) is 0 Å². The van der Waals surface area contributed by atoms with Crippen LogP contribution in [-0.2, 0) is 40.1 Å². The summed E-state index contributed by atoms with van der Waals surface area (Å²) in [5, 5.41) is 0. The number of halogens is 12. The highest BCUT2D eigenvalue weighted by molar-refractivity contribution is 8.13. The Morgan fingerprint density at radius 3 is 0.469 bits per heavy atom. The summed E-state index contributed by atoms with van der Waals surface area (Å²) in [5.41, 5.74) is -24.8. The molecule has 392 valence electrons. The van der Waals surface area contributed by atoms with Gasteiger partial charge >= 0.3 is 22.0 Å². The predicted octanol–water partition coefficient (Wildman–Crippen LogP) is 14.5. The Balaban J connectivity index is -0.000000376. The van der Waals surface area contributed by atoms with E-state index in [1.165, 1.54) is 103 Å². The first-order valence-electron chi connectivity index (χ1n) is 21.3. The highest BCUT2D eigenvalue weighted by Crippen LogP contribution is 2.62. The molecule has 0 atom stereocenters. The molecular weight excluding hydrogens is 1010 g/mol. The maximum atomic E-state index is 11.4. The molecule has 0 heterocycles. The Kier molecular flexibility index (Phi) is 35.7. The number of sulfonamides is 4. The van der Waals surface area contributed by atoms with Gasteiger partial charge < -0.3 is 8.25 Å². The molecule has 0 spiro atoms. The van der Waals surface area contributed by atoms with Crippen LogP contribution < -0.4 is 0 Å². The molecule has 0 N–H and O–H groups in total. The molecule has 0 rings (SSSR count). The molecule has 0 unspecified atom stereocenters. The summed E-state index contributed by atoms with van der Waals surface area (Å²) < 4.78 is 218. The summed E-state index contributed by atoms with van der Waals surface area (Å²) in [5.74, 6) is 0. The van der Waals surface area contributed by atoms with Gasteiger partial charge in [-0.05, 0) is 51.4 Å². The number of unbranched alkanes of at least 4 members (excludes halogenated alkanes) is 8. The fourth-order valence-corrected chi connectivity index (χ4v) is 19.7. The van der Waals surface area contributed by atoms with Gasteiger partial charge in [-0.3, -0.25) is 0 Å². The lowest BCUT2D eigenvalue weighted by Gasteiger charge is -2.28. The number of alkyl halides is 12. The van der Waals surface area contributed by atoms with Crippen molar-refractivity contribution in [2.75, 3.05) is 49.3 Å². The molecule has 0 aromatic carbocycles. The summed E-state index contributed by atoms with van der Waals surface area (Å²) >= 11 is 0. The molecule has 28 heteroatoms. The zero-order valence-electron chi connectivity index (χ0n) is 38.2. The second-order valence-electron chi connectivity index (χ2n) is 15.1. The molecule has 0 amide bonds. The van der Waals surface area contributed by atoms with Crippen LogP contribution >= 0.6 is 14.5 Å². The first kappa shape index (κ1) is 70.3. The van der Waals surface area contributed by atoms with Gasteiger partial charge in [0, 0.05) is 14.5 Å². The van der Waals surface area contributed by atoms with Crippen LogP contribution in [0, 0.1) is 0 Å². The third kappa shape index (κ3) is 29.6. The van der Waals surface area contributed by atoms with E-state index >= 15 is 0 Å². The van der Waals surface area contributed by atoms with Gasteiger partial charge in [0.2, 0.25) is 0 Å². The maximum Gasteiger partial charge on any atom is 0.480 e. The van der Waals surface area contributed by atoms with E-state index in [0.717, 1.165) is 8.25 Å². The van der Waals surface area contributed by atoms with Crippen LogP contribution in [0.5, 0.6) is 0 Å². The number of hydrogen-bond donors (Lipinski definition) is 0. The van der Waals surface area contributed by atoms with Gasteiger partial charge in [-0.1, -0.05) is 107 Å². The number of hydrogen-bond acceptors (Lipinski definition) is 8. The normalized spacial score (nSPS) is 13.6. The molecule has 64 heavy (non-hydrogen) atoms. The van der Waals surface area contributed by atoms with E-state index in [0.29, 0.717) is 0 Å². The highest BCUT2D eigenvalue weighted by atomic mass is 32.3. The van der Waals surface area contributed by atoms with E-state index < -0.39 is 76.7 Å². The third-order valence-corrected chi connectivity index (χ3v) is 25.0. The lowest BCUT2D eigenvalue weighted by atomic mass is 10.4. The first-order chi connectivity index (χ1) is 28.9. The van der Waals surface area contributed by atoms with Crippen molar-refractivity contribution in [1.29, 1.82) is 0 Å². The standard InChI is InChI=1S/2C16H36P.2C2F6NO4S2/c2*1-5-9-13-17(14-10-6-2,15-11-7-3)16-12-8-4;2*3-1(4,5)14(10,11)9-15(12,13)2(6,7)8/h2*5-16H2,1-4H3;;/q2*+1;2*-1. The largest absolute Gasteiger partial charge is 0.480 e. The van der Waals surface area contributed by atoms with Crippen molar-refractivity contribution in [3.63, 3.8) is 0 Å². The van der Waals surface area contributed by atoms with E-state index in [1.54, 1.807) is 49.3 Å². The molecule has 0 aromatic heterocycles. The molecule has 0 radical (unpaired) electrons. The van der Waals surface area contributed by atoms with Crippen molar-refractivity contribution < 1.29 is 86.4 Å². The second-order valence-corrected chi connectivity index (χ2v) is 30.9. The molecule has 0 aliphatic carbocycles. The fraction of sp³-hybridized carbons (Fsp3) is 1.00. The Bertz CT molecular complexity index is 1380. The molecule has 10 nitrogen and oxygen atoms in total. The fourth-order valence-electron chi connectivity index (χ4n) is 5.72. The molecular formula is C36H72F12N2O8P2S4. The quantitative estimate of drug-likeness (QED) is 0.0552. The lowest BCUT2D eigenvalue weighted by molar-refractivity contribution is -0.0456. The van der Waals surface area contributed by atoms with Gasteiger partial charge in [0.05, 0.1) is 49.3 Å². The first-order valence-corrected chi connectivity index (χ1v) is 32.2. The summed E-state index contributed by atoms with van der Waals surface area (Å²) in [6.45, 7) is 18.8. The minimum absolute atomic E-state index is 0.562. The molecule has 0 aliphatic heterocycles. The van der Waals surface area contributed by atoms with Gasteiger partial charge in [0.1, 0.15) is 0 Å². The topological polar surface area (TPSA) is 165 Å². The van der Waals surface area contributed by atoms with Gasteiger partial charge in [0.15, 0.2) is 40.1 Å². The number of nitrogens with zero attached hydrogens (tertiary/aromatic N) is 2. The molecule has 0 fully saturated rings. The monoisotopic (exact) mass is 1080 g/mol. The molecule has 0 aliphatic rings.